The molecule has 0 atom stereocenters. The maximum atomic E-state index is 12.2. The first-order valence-electron chi connectivity index (χ1n) is 6.89. The van der Waals surface area contributed by atoms with Crippen molar-refractivity contribution >= 4 is 5.78 Å². The number of hydrogen-bond donors (Lipinski definition) is 0. The molecule has 2 heteroatoms. The van der Waals surface area contributed by atoms with Gasteiger partial charge in [-0.25, -0.2) is 0 Å². The second-order valence-corrected chi connectivity index (χ2v) is 5.68. The van der Waals surface area contributed by atoms with Crippen molar-refractivity contribution in [3.05, 3.63) is 52.1 Å². The molecule has 1 aromatic rings. The quantitative estimate of drug-likeness (QED) is 0.804. The van der Waals surface area contributed by atoms with E-state index in [2.05, 4.69) is 32.9 Å². The molecule has 0 bridgehead atoms. The summed E-state index contributed by atoms with van der Waals surface area (Å²) in [6.45, 7) is 10.2. The number of rotatable bonds is 2. The minimum absolute atomic E-state index is 0.172. The molecule has 106 valence electrons. The second-order valence-electron chi connectivity index (χ2n) is 5.68. The third kappa shape index (κ3) is 1.91. The van der Waals surface area contributed by atoms with Crippen LogP contribution in [0.3, 0.4) is 0 Å². The molecule has 0 aromatic heterocycles. The summed E-state index contributed by atoms with van der Waals surface area (Å²) in [6, 6.07) is 8.12. The maximum Gasteiger partial charge on any atom is 0.184 e. The first-order valence-corrected chi connectivity index (χ1v) is 6.89. The third-order valence-electron chi connectivity index (χ3n) is 4.97. The largest absolute Gasteiger partial charge is 0.497 e. The van der Waals surface area contributed by atoms with Gasteiger partial charge in [0.2, 0.25) is 0 Å². The van der Waals surface area contributed by atoms with Crippen molar-refractivity contribution in [1.29, 1.82) is 0 Å². The van der Waals surface area contributed by atoms with Crippen molar-refractivity contribution in [3.8, 4) is 5.75 Å². The molecule has 0 unspecified atom stereocenters. The summed E-state index contributed by atoms with van der Waals surface area (Å²) in [4.78, 5) is 12.2. The highest BCUT2D eigenvalue weighted by Gasteiger charge is 2.38. The van der Waals surface area contributed by atoms with E-state index in [0.29, 0.717) is 0 Å². The lowest BCUT2D eigenvalue weighted by Crippen LogP contribution is -2.32. The van der Waals surface area contributed by atoms with Gasteiger partial charge in [-0.05, 0) is 63.5 Å². The summed E-state index contributed by atoms with van der Waals surface area (Å²) in [5.74, 6) is 1.02. The van der Waals surface area contributed by atoms with Crippen LogP contribution in [-0.4, -0.2) is 12.9 Å². The van der Waals surface area contributed by atoms with Gasteiger partial charge in [0.05, 0.1) is 7.11 Å². The first kappa shape index (κ1) is 14.6. The summed E-state index contributed by atoms with van der Waals surface area (Å²) in [5.41, 5.74) is 4.98. The van der Waals surface area contributed by atoms with Crippen molar-refractivity contribution in [2.24, 2.45) is 0 Å². The molecule has 0 fully saturated rings. The van der Waals surface area contributed by atoms with Gasteiger partial charge in [0.25, 0.3) is 0 Å². The molecule has 1 aliphatic carbocycles. The summed E-state index contributed by atoms with van der Waals surface area (Å²) < 4.78 is 5.22. The van der Waals surface area contributed by atoms with Gasteiger partial charge in [0, 0.05) is 5.41 Å². The highest BCUT2D eigenvalue weighted by Crippen LogP contribution is 2.45. The number of ketones is 1. The summed E-state index contributed by atoms with van der Waals surface area (Å²) >= 11 is 0. The Labute approximate surface area is 121 Å². The number of ether oxygens (including phenoxy) is 1. The zero-order valence-corrected chi connectivity index (χ0v) is 13.1. The van der Waals surface area contributed by atoms with Gasteiger partial charge < -0.3 is 4.74 Å². The number of carbonyl (C=O) groups is 1. The lowest BCUT2D eigenvalue weighted by molar-refractivity contribution is -0.112. The van der Waals surface area contributed by atoms with Crippen LogP contribution in [0, 0.1) is 0 Å². The van der Waals surface area contributed by atoms with Crippen LogP contribution in [-0.2, 0) is 10.2 Å². The average molecular weight is 270 g/mol. The number of methoxy groups -OCH3 is 1. The Kier molecular flexibility index (Phi) is 3.59. The van der Waals surface area contributed by atoms with Crippen molar-refractivity contribution in [2.75, 3.05) is 7.11 Å². The van der Waals surface area contributed by atoms with Crippen molar-refractivity contribution in [1.82, 2.24) is 0 Å². The Morgan fingerprint density at radius 1 is 0.900 bits per heavy atom. The second kappa shape index (κ2) is 4.93. The molecule has 0 radical (unpaired) electrons. The van der Waals surface area contributed by atoms with Crippen LogP contribution in [0.15, 0.2) is 46.6 Å². The Balaban J connectivity index is 2.64. The molecule has 0 aliphatic heterocycles. The molecule has 20 heavy (non-hydrogen) atoms. The van der Waals surface area contributed by atoms with E-state index in [9.17, 15) is 4.79 Å². The highest BCUT2D eigenvalue weighted by atomic mass is 16.5. The Morgan fingerprint density at radius 3 is 1.75 bits per heavy atom. The molecule has 2 rings (SSSR count). The zero-order chi connectivity index (χ0) is 15.1. The molecule has 0 saturated carbocycles. The number of hydrogen-bond acceptors (Lipinski definition) is 2. The van der Waals surface area contributed by atoms with Crippen LogP contribution in [0.4, 0.5) is 0 Å². The number of allylic oxidation sites excluding steroid dienone is 4. The summed E-state index contributed by atoms with van der Waals surface area (Å²) in [7, 11) is 1.67. The fourth-order valence-electron chi connectivity index (χ4n) is 3.01. The fourth-order valence-corrected chi connectivity index (χ4v) is 3.01. The van der Waals surface area contributed by atoms with E-state index in [1.165, 1.54) is 5.56 Å². The monoisotopic (exact) mass is 270 g/mol. The molecule has 0 N–H and O–H groups in total. The van der Waals surface area contributed by atoms with Gasteiger partial charge in [-0.3, -0.25) is 4.79 Å². The molecule has 0 spiro atoms. The minimum atomic E-state index is -0.214. The van der Waals surface area contributed by atoms with Crippen molar-refractivity contribution < 1.29 is 9.53 Å². The molecular formula is C18H22O2. The topological polar surface area (TPSA) is 26.3 Å². The molecular weight excluding hydrogens is 248 g/mol. The number of carbonyl (C=O) groups excluding carboxylic acids is 1. The summed E-state index contributed by atoms with van der Waals surface area (Å²) in [6.07, 6.45) is 0. The molecule has 0 heterocycles. The molecule has 0 amide bonds. The third-order valence-corrected chi connectivity index (χ3v) is 4.97. The Morgan fingerprint density at radius 2 is 1.35 bits per heavy atom. The average Bonchev–Trinajstić information content (AvgIpc) is 2.49. The lowest BCUT2D eigenvalue weighted by Gasteiger charge is -2.38. The zero-order valence-electron chi connectivity index (χ0n) is 13.1. The number of benzene rings is 1. The standard InChI is InChI=1S/C18H22O2/c1-11-13(3)18(5,14(4)12(2)17(11)19)15-7-9-16(20-6)10-8-15/h7-10H,1-6H3. The predicted molar refractivity (Wildman–Crippen MR) is 82.1 cm³/mol. The molecule has 0 saturated heterocycles. The highest BCUT2D eigenvalue weighted by molar-refractivity contribution is 6.10. The van der Waals surface area contributed by atoms with E-state index in [-0.39, 0.29) is 11.2 Å². The summed E-state index contributed by atoms with van der Waals surface area (Å²) in [5, 5.41) is 0. The van der Waals surface area contributed by atoms with E-state index >= 15 is 0 Å². The van der Waals surface area contributed by atoms with Gasteiger partial charge in [-0.15, -0.1) is 0 Å². The van der Waals surface area contributed by atoms with Gasteiger partial charge in [-0.1, -0.05) is 23.3 Å². The van der Waals surface area contributed by atoms with Crippen LogP contribution in [0.5, 0.6) is 5.75 Å². The van der Waals surface area contributed by atoms with Crippen LogP contribution in [0.25, 0.3) is 0 Å². The Hall–Kier alpha value is -1.83. The van der Waals surface area contributed by atoms with Crippen molar-refractivity contribution in [3.63, 3.8) is 0 Å². The molecule has 2 nitrogen and oxygen atoms in total. The minimum Gasteiger partial charge on any atom is -0.497 e. The molecule has 1 aliphatic rings. The van der Waals surface area contributed by atoms with Crippen LogP contribution in [0.1, 0.15) is 40.2 Å². The van der Waals surface area contributed by atoms with Gasteiger partial charge in [-0.2, -0.15) is 0 Å². The maximum absolute atomic E-state index is 12.2. The van der Waals surface area contributed by atoms with Crippen LogP contribution < -0.4 is 4.74 Å². The van der Waals surface area contributed by atoms with Gasteiger partial charge >= 0.3 is 0 Å². The fraction of sp³-hybridized carbons (Fsp3) is 0.389. The first-order chi connectivity index (χ1) is 9.33. The van der Waals surface area contributed by atoms with Gasteiger partial charge in [0.1, 0.15) is 5.75 Å². The van der Waals surface area contributed by atoms with Crippen molar-refractivity contribution in [2.45, 2.75) is 40.0 Å². The van der Waals surface area contributed by atoms with E-state index < -0.39 is 0 Å². The van der Waals surface area contributed by atoms with E-state index in [1.54, 1.807) is 7.11 Å². The number of Topliss-reactive ketones (excluding diaryl/α,β-unsaturated/α-hetero) is 1. The van der Waals surface area contributed by atoms with Crippen LogP contribution >= 0.6 is 0 Å². The van der Waals surface area contributed by atoms with Gasteiger partial charge in [0.15, 0.2) is 5.78 Å². The molecule has 1 aromatic carbocycles. The lowest BCUT2D eigenvalue weighted by atomic mass is 9.65. The van der Waals surface area contributed by atoms with E-state index in [4.69, 9.17) is 4.74 Å². The normalized spacial score (nSPS) is 18.6. The Bertz CT molecular complexity index is 587. The SMILES string of the molecule is COc1ccc(C2(C)C(C)=C(C)C(=O)C(C)=C2C)cc1. The van der Waals surface area contributed by atoms with E-state index in [1.807, 2.05) is 26.0 Å². The smallest absolute Gasteiger partial charge is 0.184 e. The van der Waals surface area contributed by atoms with E-state index in [0.717, 1.165) is 28.0 Å². The van der Waals surface area contributed by atoms with Crippen LogP contribution in [0.2, 0.25) is 0 Å². The predicted octanol–water partition coefficient (Wildman–Crippen LogP) is 4.21.